The largest absolute Gasteiger partial charge is 0.416 e. The highest BCUT2D eigenvalue weighted by atomic mass is 19.2. The van der Waals surface area contributed by atoms with Gasteiger partial charge in [-0.3, -0.25) is 0 Å². The highest BCUT2D eigenvalue weighted by molar-refractivity contribution is 5.57. The second kappa shape index (κ2) is 4.97. The Hall–Kier alpha value is -2.77. The molecule has 0 spiro atoms. The molecule has 1 aromatic carbocycles. The number of nitrogens with zero attached hydrogens (tertiary/aromatic N) is 3. The van der Waals surface area contributed by atoms with Gasteiger partial charge in [-0.1, -0.05) is 6.07 Å². The molecular weight excluding hydrogens is 290 g/mol. The molecule has 0 aliphatic rings. The van der Waals surface area contributed by atoms with Gasteiger partial charge in [0.2, 0.25) is 11.8 Å². The van der Waals surface area contributed by atoms with Crippen molar-refractivity contribution in [2.24, 2.45) is 0 Å². The van der Waals surface area contributed by atoms with Crippen LogP contribution in [0.15, 0.2) is 34.7 Å². The predicted octanol–water partition coefficient (Wildman–Crippen LogP) is 3.36. The predicted molar refractivity (Wildman–Crippen MR) is 62.8 cm³/mol. The summed E-state index contributed by atoms with van der Waals surface area (Å²) in [5.74, 6) is -5.21. The lowest BCUT2D eigenvalue weighted by atomic mass is 10.2. The summed E-state index contributed by atoms with van der Waals surface area (Å²) in [6, 6.07) is 5.84. The highest BCUT2D eigenvalue weighted by Gasteiger charge is 2.19. The molecule has 4 nitrogen and oxygen atoms in total. The third-order valence-electron chi connectivity index (χ3n) is 2.61. The van der Waals surface area contributed by atoms with Gasteiger partial charge in [0.15, 0.2) is 5.82 Å². The van der Waals surface area contributed by atoms with E-state index < -0.39 is 35.0 Å². The van der Waals surface area contributed by atoms with Crippen LogP contribution in [0.5, 0.6) is 0 Å². The van der Waals surface area contributed by atoms with Gasteiger partial charge < -0.3 is 4.42 Å². The Balaban J connectivity index is 2.05. The molecule has 0 amide bonds. The molecule has 106 valence electrons. The van der Waals surface area contributed by atoms with E-state index in [1.54, 1.807) is 0 Å². The second-order valence-corrected chi connectivity index (χ2v) is 4.02. The zero-order valence-corrected chi connectivity index (χ0v) is 10.1. The molecule has 0 N–H and O–H groups in total. The van der Waals surface area contributed by atoms with Crippen LogP contribution in [-0.4, -0.2) is 15.2 Å². The topological polar surface area (TPSA) is 51.8 Å². The molecule has 0 aliphatic carbocycles. The van der Waals surface area contributed by atoms with Crippen molar-refractivity contribution in [1.82, 2.24) is 15.2 Å². The van der Waals surface area contributed by atoms with E-state index in [1.165, 1.54) is 18.2 Å². The van der Waals surface area contributed by atoms with Crippen LogP contribution in [0.4, 0.5) is 17.6 Å². The monoisotopic (exact) mass is 295 g/mol. The molecule has 2 aromatic heterocycles. The molecule has 0 aliphatic heterocycles. The summed E-state index contributed by atoms with van der Waals surface area (Å²) in [4.78, 5) is 2.75. The van der Waals surface area contributed by atoms with Crippen molar-refractivity contribution in [2.75, 3.05) is 0 Å². The smallest absolute Gasteiger partial charge is 0.252 e. The third-order valence-corrected chi connectivity index (χ3v) is 2.61. The third kappa shape index (κ3) is 2.47. The van der Waals surface area contributed by atoms with Crippen molar-refractivity contribution in [2.45, 2.75) is 0 Å². The van der Waals surface area contributed by atoms with Gasteiger partial charge in [0, 0.05) is 5.56 Å². The summed E-state index contributed by atoms with van der Waals surface area (Å²) in [5.41, 5.74) is -0.214. The van der Waals surface area contributed by atoms with Crippen LogP contribution in [-0.2, 0) is 0 Å². The van der Waals surface area contributed by atoms with Crippen molar-refractivity contribution in [3.63, 3.8) is 0 Å². The summed E-state index contributed by atoms with van der Waals surface area (Å²) in [6.45, 7) is 0. The van der Waals surface area contributed by atoms with Crippen molar-refractivity contribution in [3.8, 4) is 22.9 Å². The first-order chi connectivity index (χ1) is 10.0. The maximum Gasteiger partial charge on any atom is 0.252 e. The lowest BCUT2D eigenvalue weighted by Crippen LogP contribution is -1.97. The maximum absolute atomic E-state index is 13.5. The molecule has 2 heterocycles. The van der Waals surface area contributed by atoms with Crippen LogP contribution < -0.4 is 0 Å². The zero-order chi connectivity index (χ0) is 15.0. The van der Waals surface area contributed by atoms with Gasteiger partial charge in [0.25, 0.3) is 11.8 Å². The highest BCUT2D eigenvalue weighted by Crippen LogP contribution is 2.26. The lowest BCUT2D eigenvalue weighted by molar-refractivity contribution is 0.446. The van der Waals surface area contributed by atoms with E-state index in [2.05, 4.69) is 15.2 Å². The summed E-state index contributed by atoms with van der Waals surface area (Å²) >= 11 is 0. The van der Waals surface area contributed by atoms with Crippen LogP contribution in [0.25, 0.3) is 22.9 Å². The molecule has 0 radical (unpaired) electrons. The number of benzene rings is 1. The average molecular weight is 295 g/mol. The fourth-order valence-electron chi connectivity index (χ4n) is 1.67. The molecule has 8 heteroatoms. The first kappa shape index (κ1) is 13.2. The number of halogens is 4. The van der Waals surface area contributed by atoms with Gasteiger partial charge in [0.1, 0.15) is 5.82 Å². The molecule has 0 saturated heterocycles. The van der Waals surface area contributed by atoms with Crippen LogP contribution in [0.2, 0.25) is 0 Å². The van der Waals surface area contributed by atoms with E-state index in [0.717, 1.165) is 6.07 Å². The summed E-state index contributed by atoms with van der Waals surface area (Å²) in [5, 5.41) is 7.12. The van der Waals surface area contributed by atoms with Crippen LogP contribution in [0, 0.1) is 23.5 Å². The number of hydrogen-bond acceptors (Lipinski definition) is 4. The van der Waals surface area contributed by atoms with E-state index >= 15 is 0 Å². The van der Waals surface area contributed by atoms with Crippen molar-refractivity contribution >= 4 is 0 Å². The van der Waals surface area contributed by atoms with Crippen LogP contribution in [0.1, 0.15) is 0 Å². The van der Waals surface area contributed by atoms with Gasteiger partial charge in [0.05, 0.1) is 5.56 Å². The lowest BCUT2D eigenvalue weighted by Gasteiger charge is -1.98. The zero-order valence-electron chi connectivity index (χ0n) is 10.1. The van der Waals surface area contributed by atoms with Crippen LogP contribution in [0.3, 0.4) is 0 Å². The number of hydrogen-bond donors (Lipinski definition) is 0. The minimum Gasteiger partial charge on any atom is -0.416 e. The fraction of sp³-hybridized carbons (Fsp3) is 0. The SMILES string of the molecule is Fc1cccc(-c2nnc(-c3cc(F)c(F)nc3F)o2)c1. The average Bonchev–Trinajstić information content (AvgIpc) is 2.92. The molecule has 21 heavy (non-hydrogen) atoms. The molecule has 0 unspecified atom stereocenters. The molecule has 0 fully saturated rings. The quantitative estimate of drug-likeness (QED) is 0.537. The molecule has 0 bridgehead atoms. The Labute approximate surface area is 115 Å². The molecule has 3 rings (SSSR count). The van der Waals surface area contributed by atoms with Gasteiger partial charge >= 0.3 is 0 Å². The van der Waals surface area contributed by atoms with Gasteiger partial charge in [-0.15, -0.1) is 10.2 Å². The van der Waals surface area contributed by atoms with Crippen molar-refractivity contribution in [3.05, 3.63) is 53.9 Å². The Kier molecular flexibility index (Phi) is 3.13. The van der Waals surface area contributed by atoms with Gasteiger partial charge in [-0.25, -0.2) is 8.78 Å². The second-order valence-electron chi connectivity index (χ2n) is 4.02. The maximum atomic E-state index is 13.5. The molecular formula is C13H5F4N3O. The first-order valence-corrected chi connectivity index (χ1v) is 5.66. The summed E-state index contributed by atoms with van der Waals surface area (Å²) in [6.07, 6.45) is 0. The first-order valence-electron chi connectivity index (χ1n) is 5.66. The van der Waals surface area contributed by atoms with Gasteiger partial charge in [-0.05, 0) is 24.3 Å². The van der Waals surface area contributed by atoms with Crippen LogP contribution >= 0.6 is 0 Å². The Morgan fingerprint density at radius 3 is 2.38 bits per heavy atom. The Bertz CT molecular complexity index is 819. The van der Waals surface area contributed by atoms with Crippen molar-refractivity contribution < 1.29 is 22.0 Å². The van der Waals surface area contributed by atoms with Crippen molar-refractivity contribution in [1.29, 1.82) is 0 Å². The molecule has 3 aromatic rings. The van der Waals surface area contributed by atoms with E-state index in [-0.39, 0.29) is 11.5 Å². The number of aromatic nitrogens is 3. The van der Waals surface area contributed by atoms with E-state index in [9.17, 15) is 17.6 Å². The number of rotatable bonds is 2. The van der Waals surface area contributed by atoms with Gasteiger partial charge in [-0.2, -0.15) is 13.8 Å². The summed E-state index contributed by atoms with van der Waals surface area (Å²) < 4.78 is 57.5. The number of pyridine rings is 1. The Morgan fingerprint density at radius 2 is 1.62 bits per heavy atom. The minimum atomic E-state index is -1.57. The molecule has 0 atom stereocenters. The fourth-order valence-corrected chi connectivity index (χ4v) is 1.67. The molecule has 0 saturated carbocycles. The van der Waals surface area contributed by atoms with E-state index in [0.29, 0.717) is 6.07 Å². The Morgan fingerprint density at radius 1 is 0.857 bits per heavy atom. The summed E-state index contributed by atoms with van der Waals surface area (Å²) in [7, 11) is 0. The van der Waals surface area contributed by atoms with E-state index in [4.69, 9.17) is 4.42 Å². The normalized spacial score (nSPS) is 10.9. The minimum absolute atomic E-state index is 0.0892. The standard InChI is InChI=1S/C13H5F4N3O/c14-7-3-1-2-6(4-7)12-19-20-13(21-12)8-5-9(15)11(17)18-10(8)16/h1-5H. The van der Waals surface area contributed by atoms with E-state index in [1.807, 2.05) is 0 Å².